The van der Waals surface area contributed by atoms with Gasteiger partial charge in [0.05, 0.1) is 11.2 Å². The summed E-state index contributed by atoms with van der Waals surface area (Å²) in [6, 6.07) is 65.0. The first kappa shape index (κ1) is 34.2. The molecule has 0 spiro atoms. The number of rotatable bonds is 9. The Labute approximate surface area is 331 Å². The maximum Gasteiger partial charge on any atom is 0.125 e. The highest BCUT2D eigenvalue weighted by atomic mass is 15.1. The average Bonchev–Trinajstić information content (AvgIpc) is 3.28. The standard InChI is InChI=1S/C53H38N4/c1-54-53(39-11-3-2-4-12-39)56-33-35-28-44(36-18-20-38(21-19-36)47-16-9-13-37-10-5-6-14-46(37)47)32-45(29-35)42-23-22-41-31-43(25-24-40(41)30-42)52-50-34-55-27-26-48(50)49-15-7-8-17-51(49)57-52/h2-32,34,53,56H,1,33H2. The summed E-state index contributed by atoms with van der Waals surface area (Å²) in [5.74, 6) is 0. The number of para-hydroxylation sites is 1. The molecule has 0 aliphatic carbocycles. The number of nitrogens with one attached hydrogen (secondary N) is 1. The van der Waals surface area contributed by atoms with Gasteiger partial charge in [-0.3, -0.25) is 15.3 Å². The van der Waals surface area contributed by atoms with E-state index < -0.39 is 0 Å². The molecule has 2 heterocycles. The summed E-state index contributed by atoms with van der Waals surface area (Å²) in [5, 5.41) is 11.8. The second-order valence-corrected chi connectivity index (χ2v) is 14.6. The summed E-state index contributed by atoms with van der Waals surface area (Å²) in [6.45, 7) is 4.53. The van der Waals surface area contributed by atoms with Crippen LogP contribution in [0.25, 0.3) is 87.9 Å². The van der Waals surface area contributed by atoms with Crippen LogP contribution < -0.4 is 5.32 Å². The molecule has 0 amide bonds. The molecule has 0 aliphatic heterocycles. The van der Waals surface area contributed by atoms with E-state index in [0.717, 1.165) is 60.6 Å². The maximum atomic E-state index is 5.13. The van der Waals surface area contributed by atoms with Crippen molar-refractivity contribution in [3.63, 3.8) is 0 Å². The molecule has 0 saturated heterocycles. The Morgan fingerprint density at radius 3 is 1.98 bits per heavy atom. The van der Waals surface area contributed by atoms with Gasteiger partial charge in [0.2, 0.25) is 0 Å². The smallest absolute Gasteiger partial charge is 0.125 e. The lowest BCUT2D eigenvalue weighted by atomic mass is 9.92. The van der Waals surface area contributed by atoms with Gasteiger partial charge in [-0.2, -0.15) is 0 Å². The van der Waals surface area contributed by atoms with Gasteiger partial charge < -0.3 is 0 Å². The number of hydrogen-bond donors (Lipinski definition) is 1. The van der Waals surface area contributed by atoms with Crippen LogP contribution in [-0.4, -0.2) is 16.7 Å². The van der Waals surface area contributed by atoms with Crippen molar-refractivity contribution in [2.24, 2.45) is 4.99 Å². The van der Waals surface area contributed by atoms with Crippen LogP contribution >= 0.6 is 0 Å². The van der Waals surface area contributed by atoms with Gasteiger partial charge >= 0.3 is 0 Å². The fraction of sp³-hybridized carbons (Fsp3) is 0.0377. The van der Waals surface area contributed by atoms with Crippen LogP contribution in [0.5, 0.6) is 0 Å². The predicted molar refractivity (Wildman–Crippen MR) is 239 cm³/mol. The quantitative estimate of drug-likeness (QED) is 0.119. The summed E-state index contributed by atoms with van der Waals surface area (Å²) in [6.07, 6.45) is 3.58. The van der Waals surface area contributed by atoms with Gasteiger partial charge in [-0.1, -0.05) is 140 Å². The number of fused-ring (bicyclic) bond motifs is 5. The number of aromatic nitrogens is 2. The Hall–Kier alpha value is -7.27. The molecule has 1 atom stereocenters. The molecule has 10 aromatic rings. The third kappa shape index (κ3) is 6.63. The predicted octanol–water partition coefficient (Wildman–Crippen LogP) is 13.2. The molecule has 8 aromatic carbocycles. The zero-order valence-corrected chi connectivity index (χ0v) is 31.3. The summed E-state index contributed by atoms with van der Waals surface area (Å²) in [7, 11) is 0. The highest BCUT2D eigenvalue weighted by molar-refractivity contribution is 6.11. The molecular formula is C53H38N4. The fourth-order valence-electron chi connectivity index (χ4n) is 8.17. The van der Waals surface area contributed by atoms with Crippen molar-refractivity contribution in [1.82, 2.24) is 15.3 Å². The Bertz CT molecular complexity index is 3090. The van der Waals surface area contributed by atoms with E-state index in [1.807, 2.05) is 36.7 Å². The van der Waals surface area contributed by atoms with Gasteiger partial charge in [0, 0.05) is 35.3 Å². The van der Waals surface area contributed by atoms with E-state index in [9.17, 15) is 0 Å². The van der Waals surface area contributed by atoms with Crippen LogP contribution in [0.15, 0.2) is 199 Å². The molecule has 1 unspecified atom stereocenters. The fourth-order valence-corrected chi connectivity index (χ4v) is 8.17. The van der Waals surface area contributed by atoms with Crippen LogP contribution in [0.3, 0.4) is 0 Å². The number of nitrogens with zero attached hydrogens (tertiary/aromatic N) is 3. The van der Waals surface area contributed by atoms with Crippen LogP contribution in [-0.2, 0) is 6.54 Å². The van der Waals surface area contributed by atoms with E-state index in [-0.39, 0.29) is 6.17 Å². The average molecular weight is 731 g/mol. The van der Waals surface area contributed by atoms with Gasteiger partial charge in [0.25, 0.3) is 0 Å². The highest BCUT2D eigenvalue weighted by Crippen LogP contribution is 2.36. The molecule has 0 aliphatic rings. The van der Waals surface area contributed by atoms with Gasteiger partial charge in [-0.15, -0.1) is 0 Å². The lowest BCUT2D eigenvalue weighted by molar-refractivity contribution is 0.558. The summed E-state index contributed by atoms with van der Waals surface area (Å²) < 4.78 is 0. The van der Waals surface area contributed by atoms with E-state index in [1.54, 1.807) is 0 Å². The van der Waals surface area contributed by atoms with E-state index >= 15 is 0 Å². The summed E-state index contributed by atoms with van der Waals surface area (Å²) in [4.78, 5) is 14.0. The van der Waals surface area contributed by atoms with E-state index in [1.165, 1.54) is 38.4 Å². The molecule has 57 heavy (non-hydrogen) atoms. The van der Waals surface area contributed by atoms with Gasteiger partial charge in [0.1, 0.15) is 6.17 Å². The number of hydrogen-bond acceptors (Lipinski definition) is 4. The molecule has 0 saturated carbocycles. The van der Waals surface area contributed by atoms with Gasteiger partial charge in [-0.25, -0.2) is 4.98 Å². The van der Waals surface area contributed by atoms with E-state index in [0.29, 0.717) is 6.54 Å². The Morgan fingerprint density at radius 2 is 1.16 bits per heavy atom. The zero-order chi connectivity index (χ0) is 38.1. The summed E-state index contributed by atoms with van der Waals surface area (Å²) >= 11 is 0. The first-order valence-electron chi connectivity index (χ1n) is 19.3. The Balaban J connectivity index is 1.03. The minimum atomic E-state index is -0.210. The SMILES string of the molecule is C=NC(NCc1cc(-c2ccc(-c3cccc4ccccc34)cc2)cc(-c2ccc3cc(-c4nc5ccccc5c5ccncc45)ccc3c2)c1)c1ccccc1. The normalized spacial score (nSPS) is 12.0. The molecule has 2 aromatic heterocycles. The molecule has 4 nitrogen and oxygen atoms in total. The molecule has 0 fully saturated rings. The molecule has 0 bridgehead atoms. The monoisotopic (exact) mass is 730 g/mol. The minimum Gasteiger partial charge on any atom is -0.288 e. The molecule has 270 valence electrons. The first-order chi connectivity index (χ1) is 28.2. The van der Waals surface area contributed by atoms with Crippen molar-refractivity contribution < 1.29 is 0 Å². The molecule has 10 rings (SSSR count). The Morgan fingerprint density at radius 1 is 0.491 bits per heavy atom. The van der Waals surface area contributed by atoms with Gasteiger partial charge in [0.15, 0.2) is 0 Å². The van der Waals surface area contributed by atoms with Crippen molar-refractivity contribution in [1.29, 1.82) is 0 Å². The molecular weight excluding hydrogens is 693 g/mol. The molecule has 0 radical (unpaired) electrons. The van der Waals surface area contributed by atoms with E-state index in [2.05, 4.69) is 180 Å². The third-order valence-corrected chi connectivity index (χ3v) is 11.1. The van der Waals surface area contributed by atoms with Crippen LogP contribution in [0, 0.1) is 0 Å². The molecule has 4 heteroatoms. The maximum absolute atomic E-state index is 5.13. The van der Waals surface area contributed by atoms with Crippen LogP contribution in [0.1, 0.15) is 17.3 Å². The number of aliphatic imine (C=N–C) groups is 1. The summed E-state index contributed by atoms with van der Waals surface area (Å²) in [5.41, 5.74) is 12.3. The van der Waals surface area contributed by atoms with Crippen molar-refractivity contribution in [3.05, 3.63) is 206 Å². The highest BCUT2D eigenvalue weighted by Gasteiger charge is 2.14. The second kappa shape index (κ2) is 14.8. The van der Waals surface area contributed by atoms with Crippen molar-refractivity contribution in [2.45, 2.75) is 12.7 Å². The first-order valence-corrected chi connectivity index (χ1v) is 19.3. The third-order valence-electron chi connectivity index (χ3n) is 11.1. The lowest BCUT2D eigenvalue weighted by Gasteiger charge is -2.17. The van der Waals surface area contributed by atoms with Crippen molar-refractivity contribution in [2.75, 3.05) is 0 Å². The van der Waals surface area contributed by atoms with Crippen molar-refractivity contribution in [3.8, 4) is 44.6 Å². The minimum absolute atomic E-state index is 0.210. The largest absolute Gasteiger partial charge is 0.288 e. The topological polar surface area (TPSA) is 50.2 Å². The van der Waals surface area contributed by atoms with Crippen LogP contribution in [0.2, 0.25) is 0 Å². The Kier molecular flexibility index (Phi) is 8.86. The number of pyridine rings is 2. The molecule has 1 N–H and O–H groups in total. The van der Waals surface area contributed by atoms with Crippen LogP contribution in [0.4, 0.5) is 0 Å². The van der Waals surface area contributed by atoms with E-state index in [4.69, 9.17) is 4.98 Å². The number of benzene rings is 8. The van der Waals surface area contributed by atoms with Crippen molar-refractivity contribution >= 4 is 49.9 Å². The second-order valence-electron chi connectivity index (χ2n) is 14.6. The lowest BCUT2D eigenvalue weighted by Crippen LogP contribution is -2.19. The zero-order valence-electron chi connectivity index (χ0n) is 31.3. The van der Waals surface area contributed by atoms with Gasteiger partial charge in [-0.05, 0) is 121 Å².